The lowest BCUT2D eigenvalue weighted by molar-refractivity contribution is -0.123. The largest absolute Gasteiger partial charge is 0.490 e. The molecule has 0 atom stereocenters. The Hall–Kier alpha value is -3.25. The molecule has 3 aromatic rings. The number of nitrogens with one attached hydrogen (secondary N) is 1. The summed E-state index contributed by atoms with van der Waals surface area (Å²) in [4.78, 5) is 11.9. The van der Waals surface area contributed by atoms with Crippen molar-refractivity contribution in [2.75, 3.05) is 13.2 Å². The van der Waals surface area contributed by atoms with Crippen molar-refractivity contribution in [2.45, 2.75) is 6.92 Å². The van der Waals surface area contributed by atoms with E-state index in [1.807, 2.05) is 37.3 Å². The summed E-state index contributed by atoms with van der Waals surface area (Å²) < 4.78 is 16.6. The van der Waals surface area contributed by atoms with E-state index in [9.17, 15) is 4.79 Å². The van der Waals surface area contributed by atoms with Gasteiger partial charge in [0.15, 0.2) is 18.1 Å². The Kier molecular flexibility index (Phi) is 6.70. The van der Waals surface area contributed by atoms with Gasteiger partial charge in [0.25, 0.3) is 5.91 Å². The number of nitrogens with zero attached hydrogens (tertiary/aromatic N) is 1. The van der Waals surface area contributed by atoms with Crippen molar-refractivity contribution in [3.63, 3.8) is 0 Å². The zero-order valence-corrected chi connectivity index (χ0v) is 16.0. The van der Waals surface area contributed by atoms with Crippen LogP contribution in [0.1, 0.15) is 12.7 Å². The van der Waals surface area contributed by atoms with E-state index in [4.69, 9.17) is 25.5 Å². The second kappa shape index (κ2) is 9.62. The Labute approximate surface area is 167 Å². The van der Waals surface area contributed by atoms with Gasteiger partial charge in [-0.3, -0.25) is 4.79 Å². The van der Waals surface area contributed by atoms with Gasteiger partial charge in [0, 0.05) is 10.6 Å². The molecular formula is C21H19ClN2O4. The standard InChI is InChI=1S/C21H19ClN2O4/c1-2-26-19-5-3-4-6-20(19)27-14-21(25)24-23-13-17-11-12-18(28-17)15-7-9-16(22)10-8-15/h3-13H,2,14H2,1H3,(H,24,25)/b23-13-. The Morgan fingerprint density at radius 1 is 1.07 bits per heavy atom. The van der Waals surface area contributed by atoms with Crippen LogP contribution in [0.25, 0.3) is 11.3 Å². The molecule has 0 spiro atoms. The molecule has 0 fully saturated rings. The molecule has 6 nitrogen and oxygen atoms in total. The van der Waals surface area contributed by atoms with Crippen LogP contribution in [0.4, 0.5) is 0 Å². The highest BCUT2D eigenvalue weighted by Crippen LogP contribution is 2.26. The molecule has 0 aliphatic carbocycles. The Balaban J connectivity index is 1.51. The van der Waals surface area contributed by atoms with E-state index in [0.29, 0.717) is 34.6 Å². The Bertz CT molecular complexity index is 951. The summed E-state index contributed by atoms with van der Waals surface area (Å²) in [5.41, 5.74) is 3.29. The summed E-state index contributed by atoms with van der Waals surface area (Å²) in [6, 6.07) is 18.0. The number of benzene rings is 2. The fourth-order valence-corrected chi connectivity index (χ4v) is 2.51. The topological polar surface area (TPSA) is 73.1 Å². The molecule has 3 rings (SSSR count). The molecule has 144 valence electrons. The van der Waals surface area contributed by atoms with Crippen molar-refractivity contribution < 1.29 is 18.7 Å². The van der Waals surface area contributed by atoms with E-state index in [1.54, 1.807) is 30.3 Å². The molecule has 1 amide bonds. The molecule has 7 heteroatoms. The van der Waals surface area contributed by atoms with Crippen molar-refractivity contribution in [1.29, 1.82) is 0 Å². The number of hydrogen-bond donors (Lipinski definition) is 1. The highest BCUT2D eigenvalue weighted by atomic mass is 35.5. The first-order valence-electron chi connectivity index (χ1n) is 8.68. The van der Waals surface area contributed by atoms with E-state index >= 15 is 0 Å². The van der Waals surface area contributed by atoms with Gasteiger partial charge >= 0.3 is 0 Å². The van der Waals surface area contributed by atoms with E-state index in [2.05, 4.69) is 10.5 Å². The molecule has 0 aliphatic rings. The predicted octanol–water partition coefficient (Wildman–Crippen LogP) is 4.53. The van der Waals surface area contributed by atoms with Gasteiger partial charge < -0.3 is 13.9 Å². The first kappa shape index (κ1) is 19.5. The van der Waals surface area contributed by atoms with Gasteiger partial charge in [-0.2, -0.15) is 5.10 Å². The molecule has 0 unspecified atom stereocenters. The average Bonchev–Trinajstić information content (AvgIpc) is 3.17. The molecule has 0 saturated carbocycles. The van der Waals surface area contributed by atoms with Gasteiger partial charge in [0.2, 0.25) is 0 Å². The minimum Gasteiger partial charge on any atom is -0.490 e. The summed E-state index contributed by atoms with van der Waals surface area (Å²) in [7, 11) is 0. The van der Waals surface area contributed by atoms with Crippen LogP contribution in [0.2, 0.25) is 5.02 Å². The fourth-order valence-electron chi connectivity index (χ4n) is 2.38. The van der Waals surface area contributed by atoms with Crippen molar-refractivity contribution >= 4 is 23.7 Å². The number of ether oxygens (including phenoxy) is 2. The van der Waals surface area contributed by atoms with Crippen LogP contribution in [-0.4, -0.2) is 25.3 Å². The molecule has 1 heterocycles. The van der Waals surface area contributed by atoms with Gasteiger partial charge in [0.05, 0.1) is 12.8 Å². The number of para-hydroxylation sites is 2. The van der Waals surface area contributed by atoms with Crippen molar-refractivity contribution in [3.05, 3.63) is 71.4 Å². The molecule has 0 aliphatic heterocycles. The third kappa shape index (κ3) is 5.37. The first-order chi connectivity index (χ1) is 13.7. The Morgan fingerprint density at radius 3 is 2.50 bits per heavy atom. The highest BCUT2D eigenvalue weighted by molar-refractivity contribution is 6.30. The molecule has 28 heavy (non-hydrogen) atoms. The number of carbonyl (C=O) groups excluding carboxylic acids is 1. The minimum absolute atomic E-state index is 0.185. The average molecular weight is 399 g/mol. The van der Waals surface area contributed by atoms with Gasteiger partial charge in [-0.05, 0) is 55.5 Å². The maximum Gasteiger partial charge on any atom is 0.277 e. The van der Waals surface area contributed by atoms with Crippen molar-refractivity contribution in [3.8, 4) is 22.8 Å². The molecular weight excluding hydrogens is 380 g/mol. The molecule has 0 bridgehead atoms. The van der Waals surface area contributed by atoms with Crippen LogP contribution in [0.5, 0.6) is 11.5 Å². The fraction of sp³-hybridized carbons (Fsp3) is 0.143. The summed E-state index contributed by atoms with van der Waals surface area (Å²) >= 11 is 5.88. The number of hydrazone groups is 1. The van der Waals surface area contributed by atoms with Crippen LogP contribution in [0.3, 0.4) is 0 Å². The number of hydrogen-bond acceptors (Lipinski definition) is 5. The quantitative estimate of drug-likeness (QED) is 0.447. The number of halogens is 1. The summed E-state index contributed by atoms with van der Waals surface area (Å²) in [6.45, 7) is 2.21. The summed E-state index contributed by atoms with van der Waals surface area (Å²) in [5.74, 6) is 1.88. The van der Waals surface area contributed by atoms with Crippen LogP contribution in [0, 0.1) is 0 Å². The maximum absolute atomic E-state index is 11.9. The van der Waals surface area contributed by atoms with Gasteiger partial charge in [-0.15, -0.1) is 0 Å². The molecule has 1 N–H and O–H groups in total. The molecule has 0 saturated heterocycles. The number of furan rings is 1. The molecule has 2 aromatic carbocycles. The first-order valence-corrected chi connectivity index (χ1v) is 9.06. The van der Waals surface area contributed by atoms with E-state index in [1.165, 1.54) is 6.21 Å². The normalized spacial score (nSPS) is 10.8. The lowest BCUT2D eigenvalue weighted by Gasteiger charge is -2.10. The number of amides is 1. The van der Waals surface area contributed by atoms with Crippen LogP contribution in [0.15, 0.2) is 70.2 Å². The molecule has 1 aromatic heterocycles. The van der Waals surface area contributed by atoms with Crippen molar-refractivity contribution in [2.24, 2.45) is 5.10 Å². The minimum atomic E-state index is -0.396. The predicted molar refractivity (Wildman–Crippen MR) is 108 cm³/mol. The lowest BCUT2D eigenvalue weighted by Crippen LogP contribution is -2.24. The SMILES string of the molecule is CCOc1ccccc1OCC(=O)N/N=C\c1ccc(-c2ccc(Cl)cc2)o1. The molecule has 0 radical (unpaired) electrons. The van der Waals surface area contributed by atoms with Gasteiger partial charge in [0.1, 0.15) is 11.5 Å². The number of rotatable bonds is 8. The zero-order valence-electron chi connectivity index (χ0n) is 15.2. The van der Waals surface area contributed by atoms with E-state index in [-0.39, 0.29) is 6.61 Å². The number of carbonyl (C=O) groups is 1. The van der Waals surface area contributed by atoms with Crippen LogP contribution >= 0.6 is 11.6 Å². The monoisotopic (exact) mass is 398 g/mol. The summed E-state index contributed by atoms with van der Waals surface area (Å²) in [6.07, 6.45) is 1.42. The highest BCUT2D eigenvalue weighted by Gasteiger charge is 2.07. The van der Waals surface area contributed by atoms with Gasteiger partial charge in [-0.1, -0.05) is 23.7 Å². The third-order valence-electron chi connectivity index (χ3n) is 3.64. The van der Waals surface area contributed by atoms with Crippen LogP contribution < -0.4 is 14.9 Å². The van der Waals surface area contributed by atoms with E-state index < -0.39 is 5.91 Å². The second-order valence-electron chi connectivity index (χ2n) is 5.67. The lowest BCUT2D eigenvalue weighted by atomic mass is 10.2. The second-order valence-corrected chi connectivity index (χ2v) is 6.11. The maximum atomic E-state index is 11.9. The third-order valence-corrected chi connectivity index (χ3v) is 3.90. The zero-order chi connectivity index (χ0) is 19.8. The summed E-state index contributed by atoms with van der Waals surface area (Å²) in [5, 5.41) is 4.54. The van der Waals surface area contributed by atoms with Crippen molar-refractivity contribution in [1.82, 2.24) is 5.43 Å². The smallest absolute Gasteiger partial charge is 0.277 e. The Morgan fingerprint density at radius 2 is 1.79 bits per heavy atom. The van der Waals surface area contributed by atoms with E-state index in [0.717, 1.165) is 5.56 Å². The van der Waals surface area contributed by atoms with Crippen LogP contribution in [-0.2, 0) is 4.79 Å². The van der Waals surface area contributed by atoms with Gasteiger partial charge in [-0.25, -0.2) is 5.43 Å².